The Hall–Kier alpha value is -2.77. The van der Waals surface area contributed by atoms with E-state index >= 15 is 0 Å². The molecule has 2 aromatic carbocycles. The van der Waals surface area contributed by atoms with Crippen LogP contribution in [0.5, 0.6) is 5.75 Å². The molecule has 0 unspecified atom stereocenters. The highest BCUT2D eigenvalue weighted by atomic mass is 35.5. The molecule has 5 atom stereocenters. The second kappa shape index (κ2) is 15.5. The Kier molecular flexibility index (Phi) is 12.6. The summed E-state index contributed by atoms with van der Waals surface area (Å²) < 4.78 is 27.1. The Morgan fingerprint density at radius 1 is 1.02 bits per heavy atom. The molecule has 242 valence electrons. The number of carbonyl (C=O) groups is 3. The number of methoxy groups -OCH3 is 1. The zero-order chi connectivity index (χ0) is 32.8. The van der Waals surface area contributed by atoms with Crippen molar-refractivity contribution in [3.63, 3.8) is 0 Å². The first kappa shape index (κ1) is 35.7. The summed E-state index contributed by atoms with van der Waals surface area (Å²) in [6.45, 7) is 6.33. The van der Waals surface area contributed by atoms with Crippen molar-refractivity contribution < 1.29 is 53.4 Å². The normalized spacial score (nSPS) is 21.9. The van der Waals surface area contributed by atoms with Gasteiger partial charge in [0.15, 0.2) is 18.1 Å². The van der Waals surface area contributed by atoms with Crippen molar-refractivity contribution in [2.24, 2.45) is 0 Å². The number of aliphatic hydroxyl groups excluding tert-OH is 3. The van der Waals surface area contributed by atoms with Gasteiger partial charge in [0.05, 0.1) is 28.6 Å². The number of hydrogen-bond donors (Lipinski definition) is 3. The van der Waals surface area contributed by atoms with E-state index in [4.69, 9.17) is 46.9 Å². The van der Waals surface area contributed by atoms with Crippen molar-refractivity contribution in [2.75, 3.05) is 13.7 Å². The molecule has 2 aromatic rings. The predicted molar refractivity (Wildman–Crippen MR) is 160 cm³/mol. The first-order chi connectivity index (χ1) is 20.6. The van der Waals surface area contributed by atoms with E-state index in [0.717, 1.165) is 11.1 Å². The van der Waals surface area contributed by atoms with Crippen molar-refractivity contribution in [2.45, 2.75) is 89.9 Å². The molecule has 0 aromatic heterocycles. The number of aliphatic hydroxyl groups is 3. The van der Waals surface area contributed by atoms with Crippen LogP contribution in [0, 0.1) is 6.92 Å². The SMILES string of the molecule is CO[C@H]1O[C@H](CO)[C@@H](O)[C@H](O)[C@H]1OC(=O)c1cc(Cl)c(OCc2cccc(CC(=O)CCC(=O)OC(C)(C)C)c2)c(Cl)c1C. The van der Waals surface area contributed by atoms with Crippen LogP contribution in [0.25, 0.3) is 0 Å². The van der Waals surface area contributed by atoms with Crippen LogP contribution in [0.1, 0.15) is 60.7 Å². The fourth-order valence-electron chi connectivity index (χ4n) is 4.53. The fourth-order valence-corrected chi connectivity index (χ4v) is 5.10. The smallest absolute Gasteiger partial charge is 0.339 e. The number of benzene rings is 2. The van der Waals surface area contributed by atoms with Gasteiger partial charge >= 0.3 is 11.9 Å². The zero-order valence-corrected chi connectivity index (χ0v) is 26.7. The van der Waals surface area contributed by atoms with Crippen LogP contribution in [0.3, 0.4) is 0 Å². The molecule has 0 spiro atoms. The third kappa shape index (κ3) is 9.37. The molecule has 1 heterocycles. The molecular weight excluding hydrogens is 619 g/mol. The van der Waals surface area contributed by atoms with E-state index in [-0.39, 0.29) is 58.6 Å². The highest BCUT2D eigenvalue weighted by Crippen LogP contribution is 2.39. The fraction of sp³-hybridized carbons (Fsp3) is 0.516. The molecule has 1 saturated heterocycles. The minimum Gasteiger partial charge on any atom is -0.486 e. The molecule has 0 radical (unpaired) electrons. The molecule has 0 aliphatic carbocycles. The molecular formula is C31H38Cl2O11. The molecule has 1 fully saturated rings. The summed E-state index contributed by atoms with van der Waals surface area (Å²) in [5.74, 6) is -1.32. The first-order valence-electron chi connectivity index (χ1n) is 13.9. The number of ether oxygens (including phenoxy) is 5. The van der Waals surface area contributed by atoms with Crippen molar-refractivity contribution >= 4 is 40.9 Å². The lowest BCUT2D eigenvalue weighted by molar-refractivity contribution is -0.293. The lowest BCUT2D eigenvalue weighted by Gasteiger charge is -2.40. The van der Waals surface area contributed by atoms with Crippen molar-refractivity contribution in [3.8, 4) is 5.75 Å². The summed E-state index contributed by atoms with van der Waals surface area (Å²) in [6, 6.07) is 8.48. The highest BCUT2D eigenvalue weighted by Gasteiger charge is 2.47. The lowest BCUT2D eigenvalue weighted by Crippen LogP contribution is -2.60. The second-order valence-electron chi connectivity index (χ2n) is 11.4. The third-order valence-electron chi connectivity index (χ3n) is 6.74. The molecule has 13 heteroatoms. The van der Waals surface area contributed by atoms with E-state index in [9.17, 15) is 29.7 Å². The Balaban J connectivity index is 1.65. The van der Waals surface area contributed by atoms with Crippen LogP contribution >= 0.6 is 23.2 Å². The largest absolute Gasteiger partial charge is 0.486 e. The molecule has 44 heavy (non-hydrogen) atoms. The van der Waals surface area contributed by atoms with Crippen LogP contribution < -0.4 is 4.74 Å². The Morgan fingerprint density at radius 3 is 2.34 bits per heavy atom. The number of Topliss-reactive ketones (excluding diaryl/α,β-unsaturated/α-hetero) is 1. The predicted octanol–water partition coefficient (Wildman–Crippen LogP) is 3.73. The van der Waals surface area contributed by atoms with Crippen LogP contribution in [0.4, 0.5) is 0 Å². The number of esters is 2. The standard InChI is InChI=1S/C31H38Cl2O11/c1-16-20(29(39)43-28-26(38)25(37)22(14-34)42-30(28)40-5)13-21(32)27(24(16)33)41-15-18-8-6-7-17(11-18)12-19(35)9-10-23(36)44-31(2,3)4/h6-8,11,13,22,25-26,28,30,34,37-38H,9-10,12,14-15H2,1-5H3/t22-,25-,26+,28-,30+/m1/s1. The Labute approximate surface area is 265 Å². The van der Waals surface area contributed by atoms with Gasteiger partial charge in [-0.15, -0.1) is 0 Å². The van der Waals surface area contributed by atoms with Crippen molar-refractivity contribution in [1.82, 2.24) is 0 Å². The Bertz CT molecular complexity index is 1340. The summed E-state index contributed by atoms with van der Waals surface area (Å²) in [7, 11) is 1.26. The molecule has 11 nitrogen and oxygen atoms in total. The number of halogens is 2. The van der Waals surface area contributed by atoms with Gasteiger partial charge in [-0.25, -0.2) is 4.79 Å². The van der Waals surface area contributed by atoms with Crippen molar-refractivity contribution in [3.05, 3.63) is 62.6 Å². The van der Waals surface area contributed by atoms with E-state index in [2.05, 4.69) is 0 Å². The summed E-state index contributed by atoms with van der Waals surface area (Å²) in [4.78, 5) is 37.4. The molecule has 0 saturated carbocycles. The van der Waals surface area contributed by atoms with Gasteiger partial charge in [-0.05, 0) is 50.5 Å². The van der Waals surface area contributed by atoms with Gasteiger partial charge in [0.2, 0.25) is 0 Å². The van der Waals surface area contributed by atoms with E-state index in [0.29, 0.717) is 0 Å². The van der Waals surface area contributed by atoms with E-state index in [1.165, 1.54) is 13.2 Å². The molecule has 1 aliphatic rings. The van der Waals surface area contributed by atoms with Crippen LogP contribution in [0.2, 0.25) is 10.0 Å². The Morgan fingerprint density at radius 2 is 1.70 bits per heavy atom. The quantitative estimate of drug-likeness (QED) is 0.286. The van der Waals surface area contributed by atoms with Gasteiger partial charge in [-0.2, -0.15) is 0 Å². The molecule has 3 N–H and O–H groups in total. The van der Waals surface area contributed by atoms with Crippen LogP contribution in [-0.2, 0) is 41.6 Å². The lowest BCUT2D eigenvalue weighted by atomic mass is 9.99. The van der Waals surface area contributed by atoms with Gasteiger partial charge < -0.3 is 39.0 Å². The number of ketones is 1. The number of rotatable bonds is 12. The summed E-state index contributed by atoms with van der Waals surface area (Å²) >= 11 is 13.0. The third-order valence-corrected chi connectivity index (χ3v) is 7.48. The average molecular weight is 658 g/mol. The van der Waals surface area contributed by atoms with E-state index in [1.807, 2.05) is 0 Å². The van der Waals surface area contributed by atoms with Crippen LogP contribution in [0.15, 0.2) is 30.3 Å². The molecule has 1 aliphatic heterocycles. The van der Waals surface area contributed by atoms with Gasteiger partial charge in [-0.3, -0.25) is 9.59 Å². The minimum absolute atomic E-state index is 0.00685. The molecule has 0 amide bonds. The maximum atomic E-state index is 13.1. The maximum Gasteiger partial charge on any atom is 0.339 e. The zero-order valence-electron chi connectivity index (χ0n) is 25.2. The summed E-state index contributed by atoms with van der Waals surface area (Å²) in [6.07, 6.45) is -6.70. The second-order valence-corrected chi connectivity index (χ2v) is 12.2. The van der Waals surface area contributed by atoms with E-state index in [1.54, 1.807) is 52.0 Å². The van der Waals surface area contributed by atoms with Gasteiger partial charge in [0.1, 0.15) is 36.3 Å². The number of hydrogen-bond acceptors (Lipinski definition) is 11. The van der Waals surface area contributed by atoms with Crippen molar-refractivity contribution in [1.29, 1.82) is 0 Å². The summed E-state index contributed by atoms with van der Waals surface area (Å²) in [5.41, 5.74) is 1.13. The van der Waals surface area contributed by atoms with Gasteiger partial charge in [0, 0.05) is 20.0 Å². The monoisotopic (exact) mass is 656 g/mol. The maximum absolute atomic E-state index is 13.1. The first-order valence-corrected chi connectivity index (χ1v) is 14.7. The topological polar surface area (TPSA) is 158 Å². The van der Waals surface area contributed by atoms with E-state index < -0.39 is 54.9 Å². The minimum atomic E-state index is -1.60. The number of carbonyl (C=O) groups excluding carboxylic acids is 3. The molecule has 3 rings (SSSR count). The average Bonchev–Trinajstić information content (AvgIpc) is 2.95. The van der Waals surface area contributed by atoms with Gasteiger partial charge in [0.25, 0.3) is 0 Å². The van der Waals surface area contributed by atoms with Gasteiger partial charge in [-0.1, -0.05) is 47.5 Å². The van der Waals surface area contributed by atoms with Crippen LogP contribution in [-0.4, -0.2) is 83.1 Å². The highest BCUT2D eigenvalue weighted by molar-refractivity contribution is 6.38. The summed E-state index contributed by atoms with van der Waals surface area (Å²) in [5, 5.41) is 30.1. The molecule has 0 bridgehead atoms.